The Morgan fingerprint density at radius 3 is 2.92 bits per heavy atom. The molecule has 13 heavy (non-hydrogen) atoms. The van der Waals surface area contributed by atoms with Gasteiger partial charge in [0.2, 0.25) is 0 Å². The molecule has 0 unspecified atom stereocenters. The Labute approximate surface area is 82.5 Å². The van der Waals surface area contributed by atoms with Crippen molar-refractivity contribution in [1.82, 2.24) is 4.90 Å². The van der Waals surface area contributed by atoms with E-state index >= 15 is 0 Å². The molecule has 0 aliphatic heterocycles. The molecule has 1 fully saturated rings. The third kappa shape index (κ3) is 2.01. The van der Waals surface area contributed by atoms with Crippen LogP contribution in [0.5, 0.6) is 0 Å². The molecule has 2 rings (SSSR count). The summed E-state index contributed by atoms with van der Waals surface area (Å²) < 4.78 is 5.24. The van der Waals surface area contributed by atoms with Gasteiger partial charge >= 0.3 is 0 Å². The SMILES string of the molecule is NC(=S)N(Cc1ccco1)C1CC1. The monoisotopic (exact) mass is 196 g/mol. The van der Waals surface area contributed by atoms with Gasteiger partial charge in [-0.2, -0.15) is 0 Å². The molecule has 3 nitrogen and oxygen atoms in total. The first-order valence-electron chi connectivity index (χ1n) is 4.36. The highest BCUT2D eigenvalue weighted by Gasteiger charge is 2.30. The molecule has 0 amide bonds. The molecule has 0 atom stereocenters. The van der Waals surface area contributed by atoms with E-state index in [0.29, 0.717) is 17.7 Å². The summed E-state index contributed by atoms with van der Waals surface area (Å²) in [6.45, 7) is 0.701. The fraction of sp³-hybridized carbons (Fsp3) is 0.444. The van der Waals surface area contributed by atoms with E-state index in [1.165, 1.54) is 12.8 Å². The molecular formula is C9H12N2OS. The van der Waals surface area contributed by atoms with Crippen molar-refractivity contribution in [2.24, 2.45) is 5.73 Å². The second-order valence-electron chi connectivity index (χ2n) is 3.28. The Morgan fingerprint density at radius 1 is 1.69 bits per heavy atom. The van der Waals surface area contributed by atoms with Gasteiger partial charge in [0.15, 0.2) is 5.11 Å². The molecule has 2 N–H and O–H groups in total. The maximum Gasteiger partial charge on any atom is 0.166 e. The van der Waals surface area contributed by atoms with E-state index in [-0.39, 0.29) is 0 Å². The van der Waals surface area contributed by atoms with Crippen molar-refractivity contribution in [3.05, 3.63) is 24.2 Å². The molecule has 1 heterocycles. The van der Waals surface area contributed by atoms with Crippen LogP contribution in [-0.4, -0.2) is 16.1 Å². The van der Waals surface area contributed by atoms with Crippen LogP contribution in [0.25, 0.3) is 0 Å². The smallest absolute Gasteiger partial charge is 0.166 e. The van der Waals surface area contributed by atoms with Crippen molar-refractivity contribution in [1.29, 1.82) is 0 Å². The topological polar surface area (TPSA) is 42.4 Å². The Hall–Kier alpha value is -1.03. The van der Waals surface area contributed by atoms with Crippen molar-refractivity contribution < 1.29 is 4.42 Å². The molecule has 1 aromatic heterocycles. The van der Waals surface area contributed by atoms with Gasteiger partial charge in [-0.15, -0.1) is 0 Å². The first kappa shape index (κ1) is 8.56. The number of nitrogens with two attached hydrogens (primary N) is 1. The second-order valence-corrected chi connectivity index (χ2v) is 3.69. The molecule has 0 bridgehead atoms. The third-order valence-corrected chi connectivity index (χ3v) is 2.41. The third-order valence-electron chi connectivity index (χ3n) is 2.18. The summed E-state index contributed by atoms with van der Waals surface area (Å²) in [5, 5.41) is 0.471. The fourth-order valence-corrected chi connectivity index (χ4v) is 1.56. The predicted octanol–water partition coefficient (Wildman–Crippen LogP) is 1.49. The van der Waals surface area contributed by atoms with Crippen molar-refractivity contribution in [2.75, 3.05) is 0 Å². The quantitative estimate of drug-likeness (QED) is 0.744. The van der Waals surface area contributed by atoms with Crippen LogP contribution in [0.1, 0.15) is 18.6 Å². The lowest BCUT2D eigenvalue weighted by atomic mass is 10.4. The molecule has 4 heteroatoms. The van der Waals surface area contributed by atoms with E-state index in [0.717, 1.165) is 5.76 Å². The van der Waals surface area contributed by atoms with Gasteiger partial charge in [-0.05, 0) is 37.2 Å². The molecular weight excluding hydrogens is 184 g/mol. The van der Waals surface area contributed by atoms with E-state index in [1.807, 2.05) is 17.0 Å². The van der Waals surface area contributed by atoms with Crippen LogP contribution >= 0.6 is 12.2 Å². The zero-order chi connectivity index (χ0) is 9.26. The van der Waals surface area contributed by atoms with Crippen LogP contribution in [0.3, 0.4) is 0 Å². The summed E-state index contributed by atoms with van der Waals surface area (Å²) in [4.78, 5) is 2.02. The average Bonchev–Trinajstić information content (AvgIpc) is 2.79. The van der Waals surface area contributed by atoms with Crippen LogP contribution in [0.15, 0.2) is 22.8 Å². The van der Waals surface area contributed by atoms with Gasteiger partial charge in [-0.1, -0.05) is 0 Å². The van der Waals surface area contributed by atoms with Gasteiger partial charge in [0, 0.05) is 6.04 Å². The van der Waals surface area contributed by atoms with Crippen LogP contribution in [0, 0.1) is 0 Å². The number of furan rings is 1. The van der Waals surface area contributed by atoms with E-state index in [2.05, 4.69) is 0 Å². The fourth-order valence-electron chi connectivity index (χ4n) is 1.34. The summed E-state index contributed by atoms with van der Waals surface area (Å²) in [6.07, 6.45) is 4.05. The van der Waals surface area contributed by atoms with Gasteiger partial charge in [0.1, 0.15) is 5.76 Å². The lowest BCUT2D eigenvalue weighted by molar-refractivity contribution is 0.356. The number of thiocarbonyl (C=S) groups is 1. The number of hydrogen-bond donors (Lipinski definition) is 1. The van der Waals surface area contributed by atoms with E-state index in [9.17, 15) is 0 Å². The number of hydrogen-bond acceptors (Lipinski definition) is 2. The Bertz CT molecular complexity index is 293. The lowest BCUT2D eigenvalue weighted by Gasteiger charge is -2.20. The van der Waals surface area contributed by atoms with Crippen molar-refractivity contribution >= 4 is 17.3 Å². The van der Waals surface area contributed by atoms with Gasteiger partial charge in [0.05, 0.1) is 12.8 Å². The minimum Gasteiger partial charge on any atom is -0.467 e. The van der Waals surface area contributed by atoms with Gasteiger partial charge in [-0.3, -0.25) is 0 Å². The maximum absolute atomic E-state index is 5.61. The zero-order valence-electron chi connectivity index (χ0n) is 7.27. The highest BCUT2D eigenvalue weighted by Crippen LogP contribution is 2.28. The number of nitrogens with zero attached hydrogens (tertiary/aromatic N) is 1. The van der Waals surface area contributed by atoms with Crippen LogP contribution in [0.2, 0.25) is 0 Å². The molecule has 1 saturated carbocycles. The Balaban J connectivity index is 2.01. The van der Waals surface area contributed by atoms with E-state index in [4.69, 9.17) is 22.4 Å². The standard InChI is InChI=1S/C9H12N2OS/c10-9(13)11(7-3-4-7)6-8-2-1-5-12-8/h1-2,5,7H,3-4,6H2,(H2,10,13). The van der Waals surface area contributed by atoms with Crippen LogP contribution in [-0.2, 0) is 6.54 Å². The molecule has 1 aromatic rings. The molecule has 0 saturated heterocycles. The second kappa shape index (κ2) is 3.38. The molecule has 1 aliphatic carbocycles. The molecule has 0 aromatic carbocycles. The summed E-state index contributed by atoms with van der Waals surface area (Å²) in [5.41, 5.74) is 5.61. The van der Waals surface area contributed by atoms with E-state index in [1.54, 1.807) is 6.26 Å². The molecule has 0 radical (unpaired) electrons. The maximum atomic E-state index is 5.61. The molecule has 0 spiro atoms. The minimum absolute atomic E-state index is 0.471. The van der Waals surface area contributed by atoms with Crippen molar-refractivity contribution in [2.45, 2.75) is 25.4 Å². The van der Waals surface area contributed by atoms with Crippen molar-refractivity contribution in [3.63, 3.8) is 0 Å². The predicted molar refractivity (Wildman–Crippen MR) is 54.1 cm³/mol. The Morgan fingerprint density at radius 2 is 2.46 bits per heavy atom. The highest BCUT2D eigenvalue weighted by atomic mass is 32.1. The summed E-state index contributed by atoms with van der Waals surface area (Å²) in [5.74, 6) is 0.916. The summed E-state index contributed by atoms with van der Waals surface area (Å²) >= 11 is 4.97. The van der Waals surface area contributed by atoms with Gasteiger partial charge in [-0.25, -0.2) is 0 Å². The van der Waals surface area contributed by atoms with Gasteiger partial charge < -0.3 is 15.1 Å². The number of rotatable bonds is 3. The highest BCUT2D eigenvalue weighted by molar-refractivity contribution is 7.80. The lowest BCUT2D eigenvalue weighted by Crippen LogP contribution is -2.36. The zero-order valence-corrected chi connectivity index (χ0v) is 8.09. The van der Waals surface area contributed by atoms with E-state index < -0.39 is 0 Å². The van der Waals surface area contributed by atoms with Gasteiger partial charge in [0.25, 0.3) is 0 Å². The van der Waals surface area contributed by atoms with Crippen molar-refractivity contribution in [3.8, 4) is 0 Å². The normalized spacial score (nSPS) is 15.7. The summed E-state index contributed by atoms with van der Waals surface area (Å²) in [7, 11) is 0. The first-order chi connectivity index (χ1) is 6.27. The average molecular weight is 196 g/mol. The largest absolute Gasteiger partial charge is 0.467 e. The Kier molecular flexibility index (Phi) is 2.22. The first-order valence-corrected chi connectivity index (χ1v) is 4.76. The van der Waals surface area contributed by atoms with Crippen LogP contribution in [0.4, 0.5) is 0 Å². The van der Waals surface area contributed by atoms with Crippen LogP contribution < -0.4 is 5.73 Å². The minimum atomic E-state index is 0.471. The summed E-state index contributed by atoms with van der Waals surface area (Å²) in [6, 6.07) is 4.36. The molecule has 1 aliphatic rings. The molecule has 70 valence electrons.